The van der Waals surface area contributed by atoms with E-state index in [2.05, 4.69) is 183 Å². The zero-order valence-electron chi connectivity index (χ0n) is 26.6. The maximum Gasteiger partial charge on any atom is 0.0775 e. The van der Waals surface area contributed by atoms with Crippen LogP contribution in [0.25, 0.3) is 76.8 Å². The van der Waals surface area contributed by atoms with E-state index in [1.807, 2.05) is 0 Å². The first-order valence-electron chi connectivity index (χ1n) is 16.2. The average Bonchev–Trinajstić information content (AvgIpc) is 3.10. The predicted octanol–water partition coefficient (Wildman–Crippen LogP) is 12.4. The van der Waals surface area contributed by atoms with Crippen molar-refractivity contribution in [2.75, 3.05) is 0 Å². The number of hydrogen-bond acceptors (Lipinski definition) is 0. The summed E-state index contributed by atoms with van der Waals surface area (Å²) in [5, 5.41) is 9.11. The van der Waals surface area contributed by atoms with Gasteiger partial charge in [0.15, 0.2) is 0 Å². The van der Waals surface area contributed by atoms with E-state index in [9.17, 15) is 0 Å². The quantitative estimate of drug-likeness (QED) is 0.135. The topological polar surface area (TPSA) is 0 Å². The Bertz CT molecular complexity index is 2360. The van der Waals surface area contributed by atoms with Crippen molar-refractivity contribution in [3.05, 3.63) is 164 Å². The molecule has 0 N–H and O–H groups in total. The van der Waals surface area contributed by atoms with E-state index in [1.54, 1.807) is 0 Å². The van der Waals surface area contributed by atoms with Crippen molar-refractivity contribution in [3.8, 4) is 44.5 Å². The van der Waals surface area contributed by atoms with E-state index < -0.39 is 8.07 Å². The highest BCUT2D eigenvalue weighted by molar-refractivity contribution is 6.88. The normalized spacial score (nSPS) is 11.8. The lowest BCUT2D eigenvalue weighted by Gasteiger charge is -2.19. The Hall–Kier alpha value is -5.24. The third-order valence-corrected chi connectivity index (χ3v) is 11.5. The minimum Gasteiger partial charge on any atom is -0.0656 e. The molecule has 0 aromatic heterocycles. The zero-order valence-corrected chi connectivity index (χ0v) is 27.6. The molecular formula is C45H36Si. The van der Waals surface area contributed by atoms with Crippen LogP contribution in [0.2, 0.25) is 19.6 Å². The molecule has 0 spiro atoms. The molecule has 0 fully saturated rings. The Balaban J connectivity index is 1.36. The van der Waals surface area contributed by atoms with Crippen LogP contribution in [0.4, 0.5) is 0 Å². The van der Waals surface area contributed by atoms with Crippen LogP contribution < -0.4 is 5.19 Å². The molecule has 0 radical (unpaired) electrons. The van der Waals surface area contributed by atoms with Gasteiger partial charge >= 0.3 is 0 Å². The average molecular weight is 605 g/mol. The summed E-state index contributed by atoms with van der Waals surface area (Å²) in [6.07, 6.45) is 0. The monoisotopic (exact) mass is 604 g/mol. The molecule has 0 bridgehead atoms. The molecular weight excluding hydrogens is 569 g/mol. The molecule has 0 heterocycles. The standard InChI is InChI=1S/C45H36Si/c1-46(2,3)39-26-23-34(24-27-39)33-17-20-35(21-18-33)44-40-15-9-10-16-41(40)45(38-22-19-32-13-7-8-14-36(32)29-38)42-28-25-37(30-43(42)44)31-11-5-4-6-12-31/h4-30H,1-3H3. The van der Waals surface area contributed by atoms with Crippen LogP contribution in [-0.4, -0.2) is 8.07 Å². The van der Waals surface area contributed by atoms with Gasteiger partial charge in [-0.25, -0.2) is 0 Å². The first kappa shape index (κ1) is 28.2. The third-order valence-electron chi connectivity index (χ3n) is 9.43. The minimum absolute atomic E-state index is 1.23. The Kier molecular flexibility index (Phi) is 6.93. The summed E-state index contributed by atoms with van der Waals surface area (Å²) in [7, 11) is -1.33. The fraction of sp³-hybridized carbons (Fsp3) is 0.0667. The van der Waals surface area contributed by atoms with Gasteiger partial charge in [0.05, 0.1) is 8.07 Å². The fourth-order valence-electron chi connectivity index (χ4n) is 6.95. The zero-order chi connectivity index (χ0) is 31.3. The van der Waals surface area contributed by atoms with E-state index in [4.69, 9.17) is 0 Å². The molecule has 0 aliphatic rings. The largest absolute Gasteiger partial charge is 0.0775 e. The van der Waals surface area contributed by atoms with Crippen molar-refractivity contribution in [2.45, 2.75) is 19.6 Å². The lowest BCUT2D eigenvalue weighted by molar-refractivity contribution is 1.61. The first-order chi connectivity index (χ1) is 22.4. The van der Waals surface area contributed by atoms with Crippen LogP contribution in [0, 0.1) is 0 Å². The van der Waals surface area contributed by atoms with Gasteiger partial charge in [0.25, 0.3) is 0 Å². The Morgan fingerprint density at radius 1 is 0.304 bits per heavy atom. The van der Waals surface area contributed by atoms with Crippen molar-refractivity contribution in [1.29, 1.82) is 0 Å². The third kappa shape index (κ3) is 5.03. The van der Waals surface area contributed by atoms with Crippen LogP contribution >= 0.6 is 0 Å². The van der Waals surface area contributed by atoms with Crippen LogP contribution in [0.15, 0.2) is 164 Å². The highest BCUT2D eigenvalue weighted by Crippen LogP contribution is 2.45. The molecule has 0 atom stereocenters. The summed E-state index contributed by atoms with van der Waals surface area (Å²) in [6.45, 7) is 7.21. The van der Waals surface area contributed by atoms with Crippen molar-refractivity contribution >= 4 is 45.6 Å². The van der Waals surface area contributed by atoms with Gasteiger partial charge in [0, 0.05) is 0 Å². The molecule has 0 aliphatic carbocycles. The molecule has 0 aliphatic heterocycles. The highest BCUT2D eigenvalue weighted by Gasteiger charge is 2.19. The second kappa shape index (κ2) is 11.3. The summed E-state index contributed by atoms with van der Waals surface area (Å²) in [5.74, 6) is 0. The molecule has 0 nitrogen and oxygen atoms in total. The lowest BCUT2D eigenvalue weighted by Crippen LogP contribution is -2.37. The summed E-state index contributed by atoms with van der Waals surface area (Å²) >= 11 is 0. The summed E-state index contributed by atoms with van der Waals surface area (Å²) in [6, 6.07) is 60.7. The molecule has 0 saturated carbocycles. The smallest absolute Gasteiger partial charge is 0.0656 e. The van der Waals surface area contributed by atoms with E-state index in [-0.39, 0.29) is 0 Å². The molecule has 46 heavy (non-hydrogen) atoms. The highest BCUT2D eigenvalue weighted by atomic mass is 28.3. The molecule has 220 valence electrons. The minimum atomic E-state index is -1.33. The maximum absolute atomic E-state index is 2.40. The van der Waals surface area contributed by atoms with Crippen molar-refractivity contribution in [2.24, 2.45) is 0 Å². The van der Waals surface area contributed by atoms with Crippen molar-refractivity contribution < 1.29 is 0 Å². The summed E-state index contributed by atoms with van der Waals surface area (Å²) < 4.78 is 0. The van der Waals surface area contributed by atoms with Crippen LogP contribution in [0.1, 0.15) is 0 Å². The van der Waals surface area contributed by atoms with Gasteiger partial charge in [-0.2, -0.15) is 0 Å². The van der Waals surface area contributed by atoms with Crippen LogP contribution in [0.5, 0.6) is 0 Å². The van der Waals surface area contributed by atoms with Crippen molar-refractivity contribution in [3.63, 3.8) is 0 Å². The van der Waals surface area contributed by atoms with Gasteiger partial charge < -0.3 is 0 Å². The Morgan fingerprint density at radius 3 is 1.46 bits per heavy atom. The predicted molar refractivity (Wildman–Crippen MR) is 204 cm³/mol. The van der Waals surface area contributed by atoms with E-state index in [0.29, 0.717) is 0 Å². The Labute approximate surface area is 272 Å². The molecule has 8 aromatic carbocycles. The molecule has 8 rings (SSSR count). The van der Waals surface area contributed by atoms with Gasteiger partial charge in [0.2, 0.25) is 0 Å². The number of fused-ring (bicyclic) bond motifs is 3. The van der Waals surface area contributed by atoms with Crippen LogP contribution in [-0.2, 0) is 0 Å². The fourth-order valence-corrected chi connectivity index (χ4v) is 8.11. The van der Waals surface area contributed by atoms with Crippen LogP contribution in [0.3, 0.4) is 0 Å². The second-order valence-electron chi connectivity index (χ2n) is 13.4. The molecule has 0 unspecified atom stereocenters. The van der Waals surface area contributed by atoms with E-state index >= 15 is 0 Å². The molecule has 0 amide bonds. The second-order valence-corrected chi connectivity index (χ2v) is 18.5. The lowest BCUT2D eigenvalue weighted by atomic mass is 9.84. The Morgan fingerprint density at radius 2 is 0.783 bits per heavy atom. The number of rotatable bonds is 5. The first-order valence-corrected chi connectivity index (χ1v) is 19.7. The van der Waals surface area contributed by atoms with Gasteiger partial charge in [-0.1, -0.05) is 176 Å². The summed E-state index contributed by atoms with van der Waals surface area (Å²) in [4.78, 5) is 0. The SMILES string of the molecule is C[Si](C)(C)c1ccc(-c2ccc(-c3c4ccccc4c(-c4ccc5ccccc5c4)c4ccc(-c5ccccc5)cc34)cc2)cc1. The van der Waals surface area contributed by atoms with Gasteiger partial charge in [0.1, 0.15) is 0 Å². The molecule has 1 heteroatoms. The van der Waals surface area contributed by atoms with Gasteiger partial charge in [-0.3, -0.25) is 0 Å². The van der Waals surface area contributed by atoms with Gasteiger partial charge in [-0.05, 0) is 89.0 Å². The number of hydrogen-bond donors (Lipinski definition) is 0. The van der Waals surface area contributed by atoms with Gasteiger partial charge in [-0.15, -0.1) is 0 Å². The number of benzene rings is 8. The van der Waals surface area contributed by atoms with Crippen molar-refractivity contribution in [1.82, 2.24) is 0 Å². The summed E-state index contributed by atoms with van der Waals surface area (Å²) in [5.41, 5.74) is 10.0. The van der Waals surface area contributed by atoms with E-state index in [1.165, 1.54) is 82.0 Å². The van der Waals surface area contributed by atoms with E-state index in [0.717, 1.165) is 0 Å². The molecule has 0 saturated heterocycles. The maximum atomic E-state index is 2.40. The molecule has 8 aromatic rings.